The molecular formula is C15H19ClN4O2. The van der Waals surface area contributed by atoms with E-state index in [1.165, 1.54) is 0 Å². The van der Waals surface area contributed by atoms with E-state index in [2.05, 4.69) is 10.3 Å². The lowest BCUT2D eigenvalue weighted by molar-refractivity contribution is 0.0288. The monoisotopic (exact) mass is 322 g/mol. The number of aromatic nitrogens is 3. The molecule has 0 radical (unpaired) electrons. The number of ether oxygens (including phenoxy) is 1. The molecule has 0 saturated carbocycles. The Morgan fingerprint density at radius 3 is 2.91 bits per heavy atom. The van der Waals surface area contributed by atoms with Crippen LogP contribution in [0.4, 0.5) is 4.79 Å². The third-order valence-corrected chi connectivity index (χ3v) is 3.83. The van der Waals surface area contributed by atoms with Crippen molar-refractivity contribution in [2.75, 3.05) is 13.1 Å². The minimum Gasteiger partial charge on any atom is -0.444 e. The van der Waals surface area contributed by atoms with Gasteiger partial charge >= 0.3 is 6.09 Å². The molecule has 0 spiro atoms. The zero-order valence-corrected chi connectivity index (χ0v) is 13.7. The van der Waals surface area contributed by atoms with Gasteiger partial charge < -0.3 is 9.64 Å². The number of hydrogen-bond donors (Lipinski definition) is 0. The van der Waals surface area contributed by atoms with Crippen molar-refractivity contribution in [2.24, 2.45) is 0 Å². The number of amides is 1. The van der Waals surface area contributed by atoms with Gasteiger partial charge in [0.2, 0.25) is 0 Å². The van der Waals surface area contributed by atoms with E-state index in [9.17, 15) is 4.79 Å². The van der Waals surface area contributed by atoms with Gasteiger partial charge in [-0.3, -0.25) is 0 Å². The summed E-state index contributed by atoms with van der Waals surface area (Å²) in [5, 5.41) is 9.00. The Labute approximate surface area is 134 Å². The van der Waals surface area contributed by atoms with Gasteiger partial charge in [-0.25, -0.2) is 9.48 Å². The first-order valence-electron chi connectivity index (χ1n) is 7.32. The second kappa shape index (κ2) is 5.43. The smallest absolute Gasteiger partial charge is 0.410 e. The first kappa shape index (κ1) is 15.1. The van der Waals surface area contributed by atoms with Gasteiger partial charge in [0.25, 0.3) is 0 Å². The highest BCUT2D eigenvalue weighted by Crippen LogP contribution is 2.26. The molecule has 3 rings (SSSR count). The minimum absolute atomic E-state index is 0.110. The molecular weight excluding hydrogens is 304 g/mol. The van der Waals surface area contributed by atoms with Crippen molar-refractivity contribution in [3.8, 4) is 0 Å². The van der Waals surface area contributed by atoms with Crippen LogP contribution in [0.1, 0.15) is 33.2 Å². The van der Waals surface area contributed by atoms with E-state index in [1.807, 2.05) is 37.6 Å². The molecule has 1 aliphatic rings. The van der Waals surface area contributed by atoms with Crippen molar-refractivity contribution in [2.45, 2.75) is 38.8 Å². The number of rotatable bonds is 1. The molecule has 1 amide bonds. The van der Waals surface area contributed by atoms with Crippen molar-refractivity contribution >= 4 is 28.7 Å². The number of benzene rings is 1. The molecule has 1 fully saturated rings. The van der Waals surface area contributed by atoms with Crippen molar-refractivity contribution in [1.29, 1.82) is 0 Å². The van der Waals surface area contributed by atoms with Crippen LogP contribution in [-0.2, 0) is 4.74 Å². The van der Waals surface area contributed by atoms with Crippen LogP contribution in [0.25, 0.3) is 11.0 Å². The topological polar surface area (TPSA) is 60.2 Å². The Hall–Kier alpha value is -1.82. The summed E-state index contributed by atoms with van der Waals surface area (Å²) in [5.41, 5.74) is 1.22. The normalized spacial score (nSPS) is 18.9. The highest BCUT2D eigenvalue weighted by atomic mass is 35.5. The molecule has 1 saturated heterocycles. The Balaban J connectivity index is 1.76. The highest BCUT2D eigenvalue weighted by molar-refractivity contribution is 6.31. The summed E-state index contributed by atoms with van der Waals surface area (Å²) in [6.07, 6.45) is 0.558. The van der Waals surface area contributed by atoms with Crippen LogP contribution >= 0.6 is 11.6 Å². The zero-order chi connectivity index (χ0) is 15.9. The fraction of sp³-hybridized carbons (Fsp3) is 0.533. The predicted octanol–water partition coefficient (Wildman–Crippen LogP) is 3.27. The Kier molecular flexibility index (Phi) is 3.72. The maximum Gasteiger partial charge on any atom is 0.410 e. The lowest BCUT2D eigenvalue weighted by Gasteiger charge is -2.24. The maximum atomic E-state index is 12.1. The fourth-order valence-electron chi connectivity index (χ4n) is 2.62. The Morgan fingerprint density at radius 2 is 2.18 bits per heavy atom. The molecule has 0 aliphatic carbocycles. The number of halogens is 1. The quantitative estimate of drug-likeness (QED) is 0.808. The average molecular weight is 323 g/mol. The molecule has 118 valence electrons. The standard InChI is InChI=1S/C15H19ClN4O2/c1-15(2,3)22-14(21)19-7-6-11(9-19)20-13-5-4-10(16)8-12(13)17-18-20/h4-5,8,11H,6-7,9H2,1-3H3. The van der Waals surface area contributed by atoms with Crippen molar-refractivity contribution in [3.05, 3.63) is 23.2 Å². The number of nitrogens with zero attached hydrogens (tertiary/aromatic N) is 4. The van der Waals surface area contributed by atoms with E-state index < -0.39 is 5.60 Å². The second-order valence-electron chi connectivity index (χ2n) is 6.54. The van der Waals surface area contributed by atoms with Crippen LogP contribution in [0.2, 0.25) is 5.02 Å². The predicted molar refractivity (Wildman–Crippen MR) is 84.0 cm³/mol. The largest absolute Gasteiger partial charge is 0.444 e. The van der Waals surface area contributed by atoms with Crippen molar-refractivity contribution in [1.82, 2.24) is 19.9 Å². The summed E-state index contributed by atoms with van der Waals surface area (Å²) >= 11 is 5.97. The molecule has 1 aromatic heterocycles. The van der Waals surface area contributed by atoms with E-state index in [-0.39, 0.29) is 12.1 Å². The van der Waals surface area contributed by atoms with Gasteiger partial charge in [0, 0.05) is 18.1 Å². The van der Waals surface area contributed by atoms with Gasteiger partial charge in [-0.2, -0.15) is 0 Å². The second-order valence-corrected chi connectivity index (χ2v) is 6.97. The average Bonchev–Trinajstić information content (AvgIpc) is 3.01. The number of fused-ring (bicyclic) bond motifs is 1. The van der Waals surface area contributed by atoms with Crippen LogP contribution in [0.5, 0.6) is 0 Å². The third-order valence-electron chi connectivity index (χ3n) is 3.59. The van der Waals surface area contributed by atoms with E-state index in [0.29, 0.717) is 18.1 Å². The molecule has 0 N–H and O–H groups in total. The summed E-state index contributed by atoms with van der Waals surface area (Å²) in [5.74, 6) is 0. The Morgan fingerprint density at radius 1 is 1.41 bits per heavy atom. The van der Waals surface area contributed by atoms with Crippen molar-refractivity contribution in [3.63, 3.8) is 0 Å². The van der Waals surface area contributed by atoms with E-state index in [4.69, 9.17) is 16.3 Å². The molecule has 1 aliphatic heterocycles. The van der Waals surface area contributed by atoms with Gasteiger partial charge in [0.1, 0.15) is 11.1 Å². The molecule has 1 atom stereocenters. The minimum atomic E-state index is -0.480. The summed E-state index contributed by atoms with van der Waals surface area (Å²) in [7, 11) is 0. The lowest BCUT2D eigenvalue weighted by atomic mass is 10.2. The third kappa shape index (κ3) is 3.02. The van der Waals surface area contributed by atoms with Gasteiger partial charge in [0.05, 0.1) is 11.6 Å². The van der Waals surface area contributed by atoms with Gasteiger partial charge in [-0.05, 0) is 45.4 Å². The van der Waals surface area contributed by atoms with Crippen LogP contribution in [-0.4, -0.2) is 44.7 Å². The summed E-state index contributed by atoms with van der Waals surface area (Å²) in [6, 6.07) is 5.64. The SMILES string of the molecule is CC(C)(C)OC(=O)N1CCC(n2nnc3cc(Cl)ccc32)C1. The molecule has 6 nitrogen and oxygen atoms in total. The van der Waals surface area contributed by atoms with Gasteiger partial charge in [0.15, 0.2) is 0 Å². The number of carbonyl (C=O) groups excluding carboxylic acids is 1. The summed E-state index contributed by atoms with van der Waals surface area (Å²) < 4.78 is 7.29. The molecule has 1 aromatic carbocycles. The van der Waals surface area contributed by atoms with Crippen LogP contribution < -0.4 is 0 Å². The van der Waals surface area contributed by atoms with Crippen LogP contribution in [0, 0.1) is 0 Å². The number of hydrogen-bond acceptors (Lipinski definition) is 4. The molecule has 7 heteroatoms. The molecule has 1 unspecified atom stereocenters. The first-order chi connectivity index (χ1) is 10.3. The number of likely N-dealkylation sites (tertiary alicyclic amines) is 1. The van der Waals surface area contributed by atoms with E-state index >= 15 is 0 Å². The Bertz CT molecular complexity index is 707. The zero-order valence-electron chi connectivity index (χ0n) is 12.9. The number of carbonyl (C=O) groups is 1. The van der Waals surface area contributed by atoms with Crippen LogP contribution in [0.3, 0.4) is 0 Å². The maximum absolute atomic E-state index is 12.1. The lowest BCUT2D eigenvalue weighted by Crippen LogP contribution is -2.35. The summed E-state index contributed by atoms with van der Waals surface area (Å²) in [4.78, 5) is 13.8. The molecule has 22 heavy (non-hydrogen) atoms. The molecule has 0 bridgehead atoms. The molecule has 2 heterocycles. The van der Waals surface area contributed by atoms with E-state index in [1.54, 1.807) is 11.0 Å². The highest BCUT2D eigenvalue weighted by Gasteiger charge is 2.31. The molecule has 2 aromatic rings. The summed E-state index contributed by atoms with van der Waals surface area (Å²) in [6.45, 7) is 6.85. The van der Waals surface area contributed by atoms with Crippen LogP contribution in [0.15, 0.2) is 18.2 Å². The van der Waals surface area contributed by atoms with Gasteiger partial charge in [-0.1, -0.05) is 16.8 Å². The first-order valence-corrected chi connectivity index (χ1v) is 7.70. The van der Waals surface area contributed by atoms with E-state index in [0.717, 1.165) is 17.5 Å². The van der Waals surface area contributed by atoms with Gasteiger partial charge in [-0.15, -0.1) is 5.10 Å². The fourth-order valence-corrected chi connectivity index (χ4v) is 2.78. The van der Waals surface area contributed by atoms with Crippen molar-refractivity contribution < 1.29 is 9.53 Å².